The van der Waals surface area contributed by atoms with Gasteiger partial charge in [0, 0.05) is 5.56 Å². The molecule has 0 radical (unpaired) electrons. The highest BCUT2D eigenvalue weighted by molar-refractivity contribution is 5.59. The van der Waals surface area contributed by atoms with E-state index in [1.165, 1.54) is 0 Å². The van der Waals surface area contributed by atoms with Crippen LogP contribution < -0.4 is 16.2 Å². The maximum absolute atomic E-state index is 5.61. The van der Waals surface area contributed by atoms with Crippen molar-refractivity contribution in [1.82, 2.24) is 4.98 Å². The lowest BCUT2D eigenvalue weighted by Gasteiger charge is -2.03. The van der Waals surface area contributed by atoms with Crippen molar-refractivity contribution in [3.05, 3.63) is 23.9 Å². The molecule has 4 N–H and O–H groups in total. The van der Waals surface area contributed by atoms with Gasteiger partial charge in [-0.2, -0.15) is 0 Å². The van der Waals surface area contributed by atoms with Crippen molar-refractivity contribution in [2.45, 2.75) is 6.42 Å². The molecule has 0 saturated heterocycles. The predicted molar refractivity (Wildman–Crippen MR) is 57.9 cm³/mol. The zero-order valence-electron chi connectivity index (χ0n) is 8.23. The molecule has 0 saturated carbocycles. The normalized spacial score (nSPS) is 10.7. The fourth-order valence-corrected chi connectivity index (χ4v) is 1.08. The number of nitrogens with zero attached hydrogens (tertiary/aromatic N) is 1. The monoisotopic (exact) mass is 193 g/mol. The van der Waals surface area contributed by atoms with Gasteiger partial charge < -0.3 is 16.2 Å². The van der Waals surface area contributed by atoms with E-state index in [1.54, 1.807) is 13.3 Å². The first kappa shape index (κ1) is 10.5. The second-order valence-corrected chi connectivity index (χ2v) is 2.85. The number of rotatable bonds is 4. The summed E-state index contributed by atoms with van der Waals surface area (Å²) in [5.41, 5.74) is 12.5. The Bertz CT molecular complexity index is 323. The number of nitrogen functional groups attached to an aromatic ring is 1. The number of hydrogen-bond donors (Lipinski definition) is 2. The van der Waals surface area contributed by atoms with Gasteiger partial charge in [-0.25, -0.2) is 4.98 Å². The standard InChI is InChI=1S/C10H15N3O/c1-14-10-8(4-2-3-5-11)6-9(12)7-13-10/h2,4,6-7H,3,5,11-12H2,1H3. The molecule has 1 aromatic rings. The first-order chi connectivity index (χ1) is 6.77. The second kappa shape index (κ2) is 5.24. The Kier molecular flexibility index (Phi) is 3.94. The van der Waals surface area contributed by atoms with Gasteiger partial charge in [-0.05, 0) is 19.0 Å². The van der Waals surface area contributed by atoms with Gasteiger partial charge in [-0.3, -0.25) is 0 Å². The summed E-state index contributed by atoms with van der Waals surface area (Å²) in [4.78, 5) is 4.05. The van der Waals surface area contributed by atoms with Gasteiger partial charge in [-0.1, -0.05) is 12.2 Å². The van der Waals surface area contributed by atoms with Crippen molar-refractivity contribution in [1.29, 1.82) is 0 Å². The summed E-state index contributed by atoms with van der Waals surface area (Å²) in [6.07, 6.45) is 6.28. The Morgan fingerprint density at radius 2 is 2.36 bits per heavy atom. The van der Waals surface area contributed by atoms with E-state index in [4.69, 9.17) is 16.2 Å². The van der Waals surface area contributed by atoms with Gasteiger partial charge in [0.2, 0.25) is 5.88 Å². The van der Waals surface area contributed by atoms with Gasteiger partial charge in [0.15, 0.2) is 0 Å². The lowest BCUT2D eigenvalue weighted by molar-refractivity contribution is 0.397. The summed E-state index contributed by atoms with van der Waals surface area (Å²) in [7, 11) is 1.58. The van der Waals surface area contributed by atoms with Crippen molar-refractivity contribution >= 4 is 11.8 Å². The minimum atomic E-state index is 0.576. The summed E-state index contributed by atoms with van der Waals surface area (Å²) < 4.78 is 5.08. The topological polar surface area (TPSA) is 74.2 Å². The summed E-state index contributed by atoms with van der Waals surface area (Å²) in [5, 5.41) is 0. The van der Waals surface area contributed by atoms with Crippen LogP contribution in [0.4, 0.5) is 5.69 Å². The molecule has 0 aromatic carbocycles. The van der Waals surface area contributed by atoms with Crippen LogP contribution in [0.5, 0.6) is 5.88 Å². The summed E-state index contributed by atoms with van der Waals surface area (Å²) in [5.74, 6) is 0.576. The Hall–Kier alpha value is -1.55. The number of ether oxygens (including phenoxy) is 1. The predicted octanol–water partition coefficient (Wildman–Crippen LogP) is 1.03. The van der Waals surface area contributed by atoms with Gasteiger partial charge >= 0.3 is 0 Å². The third-order valence-corrected chi connectivity index (χ3v) is 1.72. The van der Waals surface area contributed by atoms with Crippen LogP contribution in [0.15, 0.2) is 18.3 Å². The molecule has 4 nitrogen and oxygen atoms in total. The molecule has 0 spiro atoms. The Balaban J connectivity index is 2.87. The SMILES string of the molecule is COc1ncc(N)cc1C=CCCN. The van der Waals surface area contributed by atoms with E-state index in [9.17, 15) is 0 Å². The fourth-order valence-electron chi connectivity index (χ4n) is 1.08. The highest BCUT2D eigenvalue weighted by Gasteiger charge is 2.00. The molecular formula is C10H15N3O. The average Bonchev–Trinajstić information content (AvgIpc) is 2.19. The van der Waals surface area contributed by atoms with Crippen molar-refractivity contribution in [2.75, 3.05) is 19.4 Å². The third kappa shape index (κ3) is 2.74. The van der Waals surface area contributed by atoms with Crippen LogP contribution in [-0.4, -0.2) is 18.6 Å². The summed E-state index contributed by atoms with van der Waals surface area (Å²) in [6, 6.07) is 1.82. The van der Waals surface area contributed by atoms with Crippen molar-refractivity contribution in [3.8, 4) is 5.88 Å². The first-order valence-corrected chi connectivity index (χ1v) is 4.44. The molecule has 1 aromatic heterocycles. The molecule has 0 atom stereocenters. The van der Waals surface area contributed by atoms with Crippen molar-refractivity contribution in [3.63, 3.8) is 0 Å². The number of nitrogens with two attached hydrogens (primary N) is 2. The quantitative estimate of drug-likeness (QED) is 0.749. The van der Waals surface area contributed by atoms with Gasteiger partial charge in [0.1, 0.15) is 0 Å². The maximum Gasteiger partial charge on any atom is 0.220 e. The number of pyridine rings is 1. The van der Waals surface area contributed by atoms with E-state index < -0.39 is 0 Å². The van der Waals surface area contributed by atoms with E-state index in [0.29, 0.717) is 18.1 Å². The molecule has 0 aliphatic carbocycles. The van der Waals surface area contributed by atoms with E-state index in [2.05, 4.69) is 4.98 Å². The van der Waals surface area contributed by atoms with Crippen molar-refractivity contribution in [2.24, 2.45) is 5.73 Å². The molecule has 0 unspecified atom stereocenters. The molecule has 14 heavy (non-hydrogen) atoms. The molecule has 0 amide bonds. The zero-order valence-corrected chi connectivity index (χ0v) is 8.23. The van der Waals surface area contributed by atoms with Gasteiger partial charge in [0.25, 0.3) is 0 Å². The molecule has 0 aliphatic heterocycles. The first-order valence-electron chi connectivity index (χ1n) is 4.44. The Morgan fingerprint density at radius 1 is 1.57 bits per heavy atom. The van der Waals surface area contributed by atoms with Crippen LogP contribution in [0.2, 0.25) is 0 Å². The second-order valence-electron chi connectivity index (χ2n) is 2.85. The average molecular weight is 193 g/mol. The van der Waals surface area contributed by atoms with Crippen LogP contribution in [-0.2, 0) is 0 Å². The number of anilines is 1. The van der Waals surface area contributed by atoms with E-state index in [0.717, 1.165) is 12.0 Å². The Labute approximate surface area is 83.6 Å². The molecule has 76 valence electrons. The smallest absolute Gasteiger partial charge is 0.220 e. The molecular weight excluding hydrogens is 178 g/mol. The minimum absolute atomic E-state index is 0.576. The largest absolute Gasteiger partial charge is 0.481 e. The summed E-state index contributed by atoms with van der Waals surface area (Å²) >= 11 is 0. The van der Waals surface area contributed by atoms with Crippen LogP contribution >= 0.6 is 0 Å². The lowest BCUT2D eigenvalue weighted by atomic mass is 10.2. The highest BCUT2D eigenvalue weighted by atomic mass is 16.5. The number of aromatic nitrogens is 1. The molecule has 0 fully saturated rings. The molecule has 4 heteroatoms. The van der Waals surface area contributed by atoms with E-state index in [1.807, 2.05) is 18.2 Å². The van der Waals surface area contributed by atoms with Crippen LogP contribution in [0.1, 0.15) is 12.0 Å². The van der Waals surface area contributed by atoms with Crippen LogP contribution in [0.3, 0.4) is 0 Å². The van der Waals surface area contributed by atoms with Gasteiger partial charge in [-0.15, -0.1) is 0 Å². The third-order valence-electron chi connectivity index (χ3n) is 1.72. The highest BCUT2D eigenvalue weighted by Crippen LogP contribution is 2.18. The lowest BCUT2D eigenvalue weighted by Crippen LogP contribution is -1.96. The van der Waals surface area contributed by atoms with Crippen LogP contribution in [0.25, 0.3) is 6.08 Å². The fraction of sp³-hybridized carbons (Fsp3) is 0.300. The molecule has 0 aliphatic rings. The van der Waals surface area contributed by atoms with E-state index in [-0.39, 0.29) is 0 Å². The molecule has 0 bridgehead atoms. The van der Waals surface area contributed by atoms with Crippen LogP contribution in [0, 0.1) is 0 Å². The van der Waals surface area contributed by atoms with E-state index >= 15 is 0 Å². The number of methoxy groups -OCH3 is 1. The Morgan fingerprint density at radius 3 is 3.00 bits per heavy atom. The maximum atomic E-state index is 5.61. The van der Waals surface area contributed by atoms with Crippen molar-refractivity contribution < 1.29 is 4.74 Å². The molecule has 1 heterocycles. The zero-order chi connectivity index (χ0) is 10.4. The van der Waals surface area contributed by atoms with Gasteiger partial charge in [0.05, 0.1) is 19.0 Å². The number of hydrogen-bond acceptors (Lipinski definition) is 4. The molecule has 1 rings (SSSR count). The minimum Gasteiger partial charge on any atom is -0.481 e. The summed E-state index contributed by atoms with van der Waals surface area (Å²) in [6.45, 7) is 0.633.